The molecule has 0 atom stereocenters. The number of rotatable bonds is 7. The van der Waals surface area contributed by atoms with E-state index in [9.17, 15) is 8.42 Å². The minimum Gasteiger partial charge on any atom is -0.369 e. The predicted molar refractivity (Wildman–Crippen MR) is 151 cm³/mol. The zero-order valence-corrected chi connectivity index (χ0v) is 23.3. The van der Waals surface area contributed by atoms with Crippen molar-refractivity contribution in [1.29, 1.82) is 0 Å². The van der Waals surface area contributed by atoms with Crippen molar-refractivity contribution in [3.63, 3.8) is 0 Å². The maximum Gasteiger partial charge on any atom is 0.241 e. The van der Waals surface area contributed by atoms with Gasteiger partial charge in [0.15, 0.2) is 0 Å². The van der Waals surface area contributed by atoms with E-state index in [0.29, 0.717) is 17.5 Å². The van der Waals surface area contributed by atoms with Gasteiger partial charge < -0.3 is 20.4 Å². The fraction of sp³-hybridized carbons (Fsp3) is 0.407. The molecular weight excluding hydrogens is 486 g/mol. The molecule has 0 spiro atoms. The number of hydrogen-bond acceptors (Lipinski definition) is 8. The molecule has 1 aliphatic rings. The van der Waals surface area contributed by atoms with Crippen molar-refractivity contribution in [2.24, 2.45) is 0 Å². The molecule has 1 fully saturated rings. The van der Waals surface area contributed by atoms with E-state index in [0.717, 1.165) is 43.1 Å². The van der Waals surface area contributed by atoms with Crippen molar-refractivity contribution in [3.8, 4) is 0 Å². The van der Waals surface area contributed by atoms with Crippen LogP contribution in [0, 0.1) is 13.8 Å². The molecular formula is C27H37N7O2S. The molecule has 198 valence electrons. The molecule has 3 N–H and O–H groups in total. The molecule has 2 heterocycles. The summed E-state index contributed by atoms with van der Waals surface area (Å²) in [6, 6.07) is 15.0. The summed E-state index contributed by atoms with van der Waals surface area (Å²) in [5, 5.41) is 6.58. The number of aromatic nitrogens is 2. The lowest BCUT2D eigenvalue weighted by molar-refractivity contribution is 0.313. The second kappa shape index (κ2) is 10.6. The Labute approximate surface area is 220 Å². The third kappa shape index (κ3) is 6.97. The van der Waals surface area contributed by atoms with Crippen LogP contribution in [0.15, 0.2) is 53.4 Å². The summed E-state index contributed by atoms with van der Waals surface area (Å²) in [5.41, 5.74) is 3.86. The topological polar surface area (TPSA) is 102 Å². The van der Waals surface area contributed by atoms with Gasteiger partial charge in [0.2, 0.25) is 16.0 Å². The van der Waals surface area contributed by atoms with Crippen LogP contribution in [0.2, 0.25) is 0 Å². The van der Waals surface area contributed by atoms with Gasteiger partial charge >= 0.3 is 0 Å². The van der Waals surface area contributed by atoms with E-state index in [2.05, 4.69) is 54.3 Å². The fourth-order valence-electron chi connectivity index (χ4n) is 4.10. The number of piperazine rings is 1. The molecule has 0 bridgehead atoms. The summed E-state index contributed by atoms with van der Waals surface area (Å²) in [4.78, 5) is 14.2. The molecule has 0 amide bonds. The Morgan fingerprint density at radius 3 is 2.19 bits per heavy atom. The van der Waals surface area contributed by atoms with Gasteiger partial charge in [-0.05, 0) is 84.1 Å². The predicted octanol–water partition coefficient (Wildman–Crippen LogP) is 4.41. The Balaban J connectivity index is 1.51. The highest BCUT2D eigenvalue weighted by atomic mass is 32.2. The van der Waals surface area contributed by atoms with E-state index in [-0.39, 0.29) is 4.90 Å². The first kappa shape index (κ1) is 26.8. The van der Waals surface area contributed by atoms with E-state index < -0.39 is 15.6 Å². The molecule has 0 aliphatic carbocycles. The van der Waals surface area contributed by atoms with Gasteiger partial charge in [0, 0.05) is 60.0 Å². The molecule has 0 saturated carbocycles. The lowest BCUT2D eigenvalue weighted by atomic mass is 10.1. The Kier molecular flexibility index (Phi) is 7.72. The standard InChI is InChI=1S/C27H37N7O2S/c1-19-20(2)28-26(30-21-10-12-23(13-11-21)34-16-14-33(6)15-17-34)31-25(19)29-22-8-7-9-24(18-22)37(35,36)32-27(3,4)5/h7-13,18,32H,14-17H2,1-6H3,(H2,28,29,30,31). The number of aryl methyl sites for hydroxylation is 1. The highest BCUT2D eigenvalue weighted by molar-refractivity contribution is 7.89. The van der Waals surface area contributed by atoms with E-state index in [4.69, 9.17) is 0 Å². The van der Waals surface area contributed by atoms with Gasteiger partial charge in [-0.3, -0.25) is 0 Å². The maximum atomic E-state index is 12.8. The first-order valence-electron chi connectivity index (χ1n) is 12.5. The Morgan fingerprint density at radius 1 is 0.865 bits per heavy atom. The van der Waals surface area contributed by atoms with Gasteiger partial charge in [0.25, 0.3) is 0 Å². The van der Waals surface area contributed by atoms with Crippen LogP contribution >= 0.6 is 0 Å². The zero-order chi connectivity index (χ0) is 26.8. The van der Waals surface area contributed by atoms with Crippen molar-refractivity contribution in [2.75, 3.05) is 48.8 Å². The van der Waals surface area contributed by atoms with E-state index in [1.54, 1.807) is 18.2 Å². The lowest BCUT2D eigenvalue weighted by Gasteiger charge is -2.34. The van der Waals surface area contributed by atoms with Crippen molar-refractivity contribution < 1.29 is 8.42 Å². The second-order valence-electron chi connectivity index (χ2n) is 10.6. The van der Waals surface area contributed by atoms with Gasteiger partial charge in [0.1, 0.15) is 5.82 Å². The third-order valence-electron chi connectivity index (χ3n) is 6.23. The Hall–Kier alpha value is -3.21. The molecule has 3 aromatic rings. The van der Waals surface area contributed by atoms with Gasteiger partial charge in [0.05, 0.1) is 4.90 Å². The molecule has 0 radical (unpaired) electrons. The number of benzene rings is 2. The molecule has 4 rings (SSSR count). The summed E-state index contributed by atoms with van der Waals surface area (Å²) in [6.45, 7) is 13.5. The smallest absolute Gasteiger partial charge is 0.241 e. The van der Waals surface area contributed by atoms with E-state index >= 15 is 0 Å². The quantitative estimate of drug-likeness (QED) is 0.419. The van der Waals surface area contributed by atoms with Gasteiger partial charge in [-0.15, -0.1) is 0 Å². The van der Waals surface area contributed by atoms with Gasteiger partial charge in [-0.2, -0.15) is 4.98 Å². The highest BCUT2D eigenvalue weighted by Crippen LogP contribution is 2.26. The van der Waals surface area contributed by atoms with Crippen molar-refractivity contribution >= 4 is 38.9 Å². The number of anilines is 5. The van der Waals surface area contributed by atoms with Crippen LogP contribution in [0.25, 0.3) is 0 Å². The van der Waals surface area contributed by atoms with E-state index in [1.165, 1.54) is 5.69 Å². The first-order valence-corrected chi connectivity index (χ1v) is 13.9. The zero-order valence-electron chi connectivity index (χ0n) is 22.5. The summed E-state index contributed by atoms with van der Waals surface area (Å²) >= 11 is 0. The van der Waals surface area contributed by atoms with Crippen molar-refractivity contribution in [2.45, 2.75) is 45.1 Å². The second-order valence-corrected chi connectivity index (χ2v) is 12.3. The van der Waals surface area contributed by atoms with Crippen LogP contribution in [0.5, 0.6) is 0 Å². The van der Waals surface area contributed by atoms with Crippen LogP contribution < -0.4 is 20.3 Å². The minimum atomic E-state index is -3.66. The number of hydrogen-bond donors (Lipinski definition) is 3. The summed E-state index contributed by atoms with van der Waals surface area (Å²) in [7, 11) is -1.50. The molecule has 10 heteroatoms. The summed E-state index contributed by atoms with van der Waals surface area (Å²) in [5.74, 6) is 1.08. The van der Waals surface area contributed by atoms with Gasteiger partial charge in [-0.1, -0.05) is 6.07 Å². The van der Waals surface area contributed by atoms with Crippen molar-refractivity contribution in [3.05, 3.63) is 59.8 Å². The molecule has 1 saturated heterocycles. The number of nitrogens with one attached hydrogen (secondary N) is 3. The molecule has 2 aromatic carbocycles. The number of sulfonamides is 1. The van der Waals surface area contributed by atoms with Crippen LogP contribution in [-0.2, 0) is 10.0 Å². The average Bonchev–Trinajstić information content (AvgIpc) is 2.82. The van der Waals surface area contributed by atoms with Crippen molar-refractivity contribution in [1.82, 2.24) is 19.6 Å². The summed E-state index contributed by atoms with van der Waals surface area (Å²) in [6.07, 6.45) is 0. The Morgan fingerprint density at radius 2 is 1.54 bits per heavy atom. The summed E-state index contributed by atoms with van der Waals surface area (Å²) < 4.78 is 28.3. The SMILES string of the molecule is Cc1nc(Nc2ccc(N3CCN(C)CC3)cc2)nc(Nc2cccc(S(=O)(=O)NC(C)(C)C)c2)c1C. The molecule has 1 aliphatic heterocycles. The lowest BCUT2D eigenvalue weighted by Crippen LogP contribution is -2.44. The largest absolute Gasteiger partial charge is 0.369 e. The first-order chi connectivity index (χ1) is 17.4. The normalized spacial score (nSPS) is 15.0. The minimum absolute atomic E-state index is 0.189. The third-order valence-corrected chi connectivity index (χ3v) is 7.98. The monoisotopic (exact) mass is 523 g/mol. The van der Waals surface area contributed by atoms with Crippen LogP contribution in [0.1, 0.15) is 32.0 Å². The van der Waals surface area contributed by atoms with E-state index in [1.807, 2.05) is 52.8 Å². The van der Waals surface area contributed by atoms with Crippen LogP contribution in [0.4, 0.5) is 28.8 Å². The maximum absolute atomic E-state index is 12.8. The highest BCUT2D eigenvalue weighted by Gasteiger charge is 2.22. The number of likely N-dealkylation sites (N-methyl/N-ethyl adjacent to an activating group) is 1. The average molecular weight is 524 g/mol. The molecule has 9 nitrogen and oxygen atoms in total. The fourth-order valence-corrected chi connectivity index (χ4v) is 5.56. The molecule has 1 aromatic heterocycles. The Bertz CT molecular complexity index is 1340. The van der Waals surface area contributed by atoms with Crippen LogP contribution in [-0.4, -0.2) is 62.1 Å². The number of nitrogens with zero attached hydrogens (tertiary/aromatic N) is 4. The van der Waals surface area contributed by atoms with Crippen LogP contribution in [0.3, 0.4) is 0 Å². The van der Waals surface area contributed by atoms with Gasteiger partial charge in [-0.25, -0.2) is 18.1 Å². The molecule has 0 unspecified atom stereocenters. The molecule has 37 heavy (non-hydrogen) atoms.